The van der Waals surface area contributed by atoms with Crippen molar-refractivity contribution >= 4 is 11.7 Å². The number of rotatable bonds is 5. The SMILES string of the molecule is COC(=O)c1cc([N+](=O)[O-])cn(CC2CCCCN2C(C)C)c1=O. The lowest BCUT2D eigenvalue weighted by atomic mass is 10.00. The highest BCUT2D eigenvalue weighted by molar-refractivity contribution is 5.89. The molecule has 0 aromatic carbocycles. The van der Waals surface area contributed by atoms with Gasteiger partial charge in [-0.15, -0.1) is 0 Å². The molecule has 1 aromatic rings. The van der Waals surface area contributed by atoms with Gasteiger partial charge in [0.1, 0.15) is 5.56 Å². The van der Waals surface area contributed by atoms with Gasteiger partial charge < -0.3 is 9.30 Å². The number of nitro groups is 1. The Morgan fingerprint density at radius 3 is 2.75 bits per heavy atom. The Balaban J connectivity index is 2.41. The number of aromatic nitrogens is 1. The zero-order valence-electron chi connectivity index (χ0n) is 14.2. The van der Waals surface area contributed by atoms with Crippen LogP contribution in [0.3, 0.4) is 0 Å². The van der Waals surface area contributed by atoms with E-state index in [9.17, 15) is 19.7 Å². The summed E-state index contributed by atoms with van der Waals surface area (Å²) in [4.78, 5) is 37.1. The van der Waals surface area contributed by atoms with Crippen LogP contribution in [0.2, 0.25) is 0 Å². The van der Waals surface area contributed by atoms with Gasteiger partial charge >= 0.3 is 5.97 Å². The molecule has 0 spiro atoms. The van der Waals surface area contributed by atoms with Crippen LogP contribution < -0.4 is 5.56 Å². The molecule has 1 aromatic heterocycles. The number of carbonyl (C=O) groups excluding carboxylic acids is 1. The van der Waals surface area contributed by atoms with Gasteiger partial charge in [0.25, 0.3) is 11.2 Å². The molecular weight excluding hydrogens is 314 g/mol. The van der Waals surface area contributed by atoms with Crippen molar-refractivity contribution in [3.05, 3.63) is 38.3 Å². The molecule has 1 aliphatic heterocycles. The van der Waals surface area contributed by atoms with Crippen molar-refractivity contribution < 1.29 is 14.5 Å². The number of methoxy groups -OCH3 is 1. The predicted octanol–water partition coefficient (Wildman–Crippen LogP) is 1.81. The molecule has 24 heavy (non-hydrogen) atoms. The van der Waals surface area contributed by atoms with Crippen LogP contribution in [-0.2, 0) is 11.3 Å². The molecule has 0 bridgehead atoms. The lowest BCUT2D eigenvalue weighted by Gasteiger charge is -2.38. The minimum Gasteiger partial charge on any atom is -0.465 e. The number of pyridine rings is 1. The molecule has 0 saturated carbocycles. The summed E-state index contributed by atoms with van der Waals surface area (Å²) in [6.45, 7) is 5.45. The van der Waals surface area contributed by atoms with Gasteiger partial charge in [-0.1, -0.05) is 6.42 Å². The van der Waals surface area contributed by atoms with Crippen LogP contribution in [0.4, 0.5) is 5.69 Å². The summed E-state index contributed by atoms with van der Waals surface area (Å²) in [5.41, 5.74) is -1.15. The first kappa shape index (κ1) is 18.1. The molecule has 2 rings (SSSR count). The third kappa shape index (κ3) is 3.81. The first-order chi connectivity index (χ1) is 11.3. The fourth-order valence-electron chi connectivity index (χ4n) is 3.24. The number of hydrogen-bond donors (Lipinski definition) is 0. The maximum Gasteiger partial charge on any atom is 0.343 e. The van der Waals surface area contributed by atoms with Crippen LogP contribution in [0.15, 0.2) is 17.1 Å². The summed E-state index contributed by atoms with van der Waals surface area (Å²) < 4.78 is 5.84. The van der Waals surface area contributed by atoms with Gasteiger partial charge in [-0.05, 0) is 33.2 Å². The summed E-state index contributed by atoms with van der Waals surface area (Å²) in [6, 6.07) is 1.42. The fraction of sp³-hybridized carbons (Fsp3) is 0.625. The van der Waals surface area contributed by atoms with Gasteiger partial charge in [0.15, 0.2) is 0 Å². The zero-order chi connectivity index (χ0) is 17.9. The van der Waals surface area contributed by atoms with E-state index in [4.69, 9.17) is 0 Å². The molecule has 0 radical (unpaired) electrons. The molecule has 1 atom stereocenters. The highest BCUT2D eigenvalue weighted by atomic mass is 16.6. The van der Waals surface area contributed by atoms with Crippen molar-refractivity contribution in [2.24, 2.45) is 0 Å². The minimum absolute atomic E-state index is 0.115. The van der Waals surface area contributed by atoms with E-state index < -0.39 is 16.5 Å². The van der Waals surface area contributed by atoms with Gasteiger partial charge in [0, 0.05) is 24.7 Å². The summed E-state index contributed by atoms with van der Waals surface area (Å²) in [6.07, 6.45) is 4.29. The third-order valence-corrected chi connectivity index (χ3v) is 4.43. The van der Waals surface area contributed by atoms with Crippen LogP contribution in [0.25, 0.3) is 0 Å². The minimum atomic E-state index is -0.859. The zero-order valence-corrected chi connectivity index (χ0v) is 14.2. The molecule has 1 unspecified atom stereocenters. The number of carbonyl (C=O) groups is 1. The number of ether oxygens (including phenoxy) is 1. The smallest absolute Gasteiger partial charge is 0.343 e. The fourth-order valence-corrected chi connectivity index (χ4v) is 3.24. The molecule has 1 fully saturated rings. The van der Waals surface area contributed by atoms with Gasteiger partial charge in [-0.3, -0.25) is 19.8 Å². The molecule has 8 heteroatoms. The normalized spacial score (nSPS) is 18.6. The molecule has 8 nitrogen and oxygen atoms in total. The van der Waals surface area contributed by atoms with Crippen molar-refractivity contribution in [2.45, 2.75) is 51.7 Å². The summed E-state index contributed by atoms with van der Waals surface area (Å²) >= 11 is 0. The maximum absolute atomic E-state index is 12.5. The first-order valence-corrected chi connectivity index (χ1v) is 8.08. The molecule has 1 aliphatic rings. The summed E-state index contributed by atoms with van der Waals surface area (Å²) in [5, 5.41) is 11.1. The van der Waals surface area contributed by atoms with E-state index >= 15 is 0 Å². The van der Waals surface area contributed by atoms with Crippen molar-refractivity contribution in [2.75, 3.05) is 13.7 Å². The van der Waals surface area contributed by atoms with E-state index in [2.05, 4.69) is 23.5 Å². The lowest BCUT2D eigenvalue weighted by Crippen LogP contribution is -2.47. The highest BCUT2D eigenvalue weighted by Crippen LogP contribution is 2.21. The van der Waals surface area contributed by atoms with Crippen LogP contribution in [0.5, 0.6) is 0 Å². The molecule has 132 valence electrons. The topological polar surface area (TPSA) is 94.7 Å². The lowest BCUT2D eigenvalue weighted by molar-refractivity contribution is -0.385. The highest BCUT2D eigenvalue weighted by Gasteiger charge is 2.27. The standard InChI is InChI=1S/C16H23N3O5/c1-11(2)18-7-5-4-6-12(18)9-17-10-13(19(22)23)8-14(15(17)20)16(21)24-3/h8,10-12H,4-7,9H2,1-3H3. The van der Waals surface area contributed by atoms with E-state index in [0.29, 0.717) is 12.6 Å². The number of esters is 1. The Labute approximate surface area is 140 Å². The van der Waals surface area contributed by atoms with Gasteiger partial charge in [-0.25, -0.2) is 4.79 Å². The van der Waals surface area contributed by atoms with Gasteiger partial charge in [0.2, 0.25) is 0 Å². The predicted molar refractivity (Wildman–Crippen MR) is 88.2 cm³/mol. The molecular formula is C16H23N3O5. The van der Waals surface area contributed by atoms with E-state index in [0.717, 1.165) is 39.0 Å². The van der Waals surface area contributed by atoms with E-state index in [-0.39, 0.29) is 17.3 Å². The Kier molecular flexibility index (Phi) is 5.71. The van der Waals surface area contributed by atoms with Crippen LogP contribution >= 0.6 is 0 Å². The number of piperidine rings is 1. The van der Waals surface area contributed by atoms with Crippen LogP contribution in [-0.4, -0.2) is 46.1 Å². The average molecular weight is 337 g/mol. The van der Waals surface area contributed by atoms with Crippen LogP contribution in [0.1, 0.15) is 43.5 Å². The largest absolute Gasteiger partial charge is 0.465 e. The van der Waals surface area contributed by atoms with Crippen molar-refractivity contribution in [3.8, 4) is 0 Å². The Hall–Kier alpha value is -2.22. The second-order valence-electron chi connectivity index (χ2n) is 6.30. The Morgan fingerprint density at radius 2 is 2.17 bits per heavy atom. The Bertz CT molecular complexity index is 683. The second-order valence-corrected chi connectivity index (χ2v) is 6.30. The van der Waals surface area contributed by atoms with E-state index in [1.165, 1.54) is 10.8 Å². The molecule has 0 N–H and O–H groups in total. The maximum atomic E-state index is 12.5. The third-order valence-electron chi connectivity index (χ3n) is 4.43. The molecule has 1 saturated heterocycles. The summed E-state index contributed by atoms with van der Waals surface area (Å²) in [7, 11) is 1.15. The van der Waals surface area contributed by atoms with Gasteiger partial charge in [0.05, 0.1) is 18.2 Å². The molecule has 0 aliphatic carbocycles. The number of hydrogen-bond acceptors (Lipinski definition) is 6. The number of likely N-dealkylation sites (tertiary alicyclic amines) is 1. The van der Waals surface area contributed by atoms with Gasteiger partial charge in [-0.2, -0.15) is 0 Å². The van der Waals surface area contributed by atoms with E-state index in [1.807, 2.05) is 0 Å². The monoisotopic (exact) mass is 337 g/mol. The van der Waals surface area contributed by atoms with Crippen molar-refractivity contribution in [1.29, 1.82) is 0 Å². The molecule has 0 amide bonds. The average Bonchev–Trinajstić information content (AvgIpc) is 2.56. The Morgan fingerprint density at radius 1 is 1.46 bits per heavy atom. The quantitative estimate of drug-likeness (QED) is 0.462. The van der Waals surface area contributed by atoms with Crippen LogP contribution in [0, 0.1) is 10.1 Å². The second kappa shape index (κ2) is 7.57. The first-order valence-electron chi connectivity index (χ1n) is 8.08. The summed E-state index contributed by atoms with van der Waals surface area (Å²) in [5.74, 6) is -0.859. The molecule has 2 heterocycles. The van der Waals surface area contributed by atoms with E-state index in [1.54, 1.807) is 0 Å². The van der Waals surface area contributed by atoms with Crippen molar-refractivity contribution in [1.82, 2.24) is 9.47 Å². The van der Waals surface area contributed by atoms with Crippen molar-refractivity contribution in [3.63, 3.8) is 0 Å². The number of nitrogens with zero attached hydrogens (tertiary/aromatic N) is 3.